The number of carbonyl (C=O) groups is 2. The van der Waals surface area contributed by atoms with E-state index in [2.05, 4.69) is 91.1 Å². The summed E-state index contributed by atoms with van der Waals surface area (Å²) in [6.07, 6.45) is 20.1. The molecule has 336 valence electrons. The van der Waals surface area contributed by atoms with E-state index >= 15 is 0 Å². The second kappa shape index (κ2) is 51.1. The fraction of sp³-hybridized carbons (Fsp3) is 0.694. The fourth-order valence-electron chi connectivity index (χ4n) is 4.66. The van der Waals surface area contributed by atoms with Crippen molar-refractivity contribution in [3.05, 3.63) is 79.7 Å². The van der Waals surface area contributed by atoms with Gasteiger partial charge >= 0.3 is 0 Å². The summed E-state index contributed by atoms with van der Waals surface area (Å²) >= 11 is 0. The highest BCUT2D eigenvalue weighted by Crippen LogP contribution is 2.22. The summed E-state index contributed by atoms with van der Waals surface area (Å²) in [6.45, 7) is 47.1. The number of pyridine rings is 1. The van der Waals surface area contributed by atoms with Gasteiger partial charge in [-0.1, -0.05) is 112 Å². The van der Waals surface area contributed by atoms with Gasteiger partial charge in [0.25, 0.3) is 0 Å². The topological polar surface area (TPSA) is 86.8 Å². The normalized spacial score (nSPS) is 15.4. The highest BCUT2D eigenvalue weighted by atomic mass is 16.5. The largest absolute Gasteiger partial charge is 0.380 e. The van der Waals surface area contributed by atoms with Crippen molar-refractivity contribution in [1.82, 2.24) is 25.4 Å². The lowest BCUT2D eigenvalue weighted by Crippen LogP contribution is -2.48. The minimum Gasteiger partial charge on any atom is -0.380 e. The molecule has 1 aromatic rings. The van der Waals surface area contributed by atoms with Crippen LogP contribution in [0.15, 0.2) is 74.1 Å². The van der Waals surface area contributed by atoms with E-state index in [1.807, 2.05) is 108 Å². The maximum Gasteiger partial charge on any atom is 0.207 e. The summed E-state index contributed by atoms with van der Waals surface area (Å²) in [7, 11) is 3.77. The summed E-state index contributed by atoms with van der Waals surface area (Å²) < 4.78 is 5.59. The number of hydrogen-bond acceptors (Lipinski definition) is 7. The molecule has 1 saturated heterocycles. The van der Waals surface area contributed by atoms with E-state index in [1.54, 1.807) is 13.2 Å². The van der Waals surface area contributed by atoms with Gasteiger partial charge in [0.15, 0.2) is 0 Å². The van der Waals surface area contributed by atoms with Gasteiger partial charge in [-0.2, -0.15) is 0 Å². The molecular formula is C49H97N5O3. The Bertz CT molecular complexity index is 1000. The lowest BCUT2D eigenvalue weighted by atomic mass is 10.00. The highest BCUT2D eigenvalue weighted by Gasteiger charge is 2.22. The molecular weight excluding hydrogens is 707 g/mol. The molecule has 1 amide bonds. The van der Waals surface area contributed by atoms with Gasteiger partial charge in [-0.25, -0.2) is 0 Å². The first-order valence-electron chi connectivity index (χ1n) is 21.9. The number of amides is 1. The van der Waals surface area contributed by atoms with Crippen LogP contribution >= 0.6 is 0 Å². The monoisotopic (exact) mass is 804 g/mol. The predicted octanol–water partition coefficient (Wildman–Crippen LogP) is 11.7. The molecule has 0 bridgehead atoms. The third kappa shape index (κ3) is 51.1. The first-order valence-corrected chi connectivity index (χ1v) is 21.9. The zero-order valence-corrected chi connectivity index (χ0v) is 40.8. The molecule has 2 unspecified atom stereocenters. The number of allylic oxidation sites excluding steroid dienone is 4. The van der Waals surface area contributed by atoms with Gasteiger partial charge in [-0.05, 0) is 97.7 Å². The van der Waals surface area contributed by atoms with Gasteiger partial charge < -0.3 is 20.2 Å². The van der Waals surface area contributed by atoms with Crippen LogP contribution in [0.5, 0.6) is 0 Å². The van der Waals surface area contributed by atoms with E-state index in [4.69, 9.17) is 4.74 Å². The van der Waals surface area contributed by atoms with Gasteiger partial charge in [0.05, 0.1) is 6.10 Å². The summed E-state index contributed by atoms with van der Waals surface area (Å²) in [5, 5.41) is 5.84. The molecule has 57 heavy (non-hydrogen) atoms. The van der Waals surface area contributed by atoms with Crippen molar-refractivity contribution in [3.8, 4) is 0 Å². The molecule has 1 aliphatic heterocycles. The Labute approximate surface area is 356 Å². The van der Waals surface area contributed by atoms with Gasteiger partial charge in [0, 0.05) is 76.3 Å². The van der Waals surface area contributed by atoms with Crippen LogP contribution in [0, 0.1) is 11.8 Å². The Hall–Kier alpha value is -2.91. The molecule has 1 saturated carbocycles. The van der Waals surface area contributed by atoms with Crippen molar-refractivity contribution in [2.24, 2.45) is 11.8 Å². The zero-order valence-electron chi connectivity index (χ0n) is 40.8. The van der Waals surface area contributed by atoms with Crippen LogP contribution in [0.1, 0.15) is 148 Å². The fourth-order valence-corrected chi connectivity index (χ4v) is 4.66. The van der Waals surface area contributed by atoms with E-state index in [0.717, 1.165) is 70.9 Å². The van der Waals surface area contributed by atoms with Crippen molar-refractivity contribution >= 4 is 12.7 Å². The van der Waals surface area contributed by atoms with E-state index in [0.29, 0.717) is 12.3 Å². The number of ether oxygens (including phenoxy) is 1. The molecule has 2 N–H and O–H groups in total. The standard InChI is InChI=1S/C18H29N3O2.C7H13N.C5H11NO.2C5H10.C3H6.3C2H6/c1-3-16(15-22)11-18(23-2)14-21-9-7-20(8-10-21)13-17-5-4-6-19-12-17;1-6-3-4-7(5-6)8-2;1-5(2,3)6-4-7;1-4-5(2)3;1-3-5-4-2;1-3-2;3*1-2/h4-6,12,15-16,18H,3,7-11,13-14H2,1-2H3;7-8H,1,3-5H2,2H3;4H,1-3H3,(H,6,7);4-5H,1H2,2-3H3;3,5H,4H2,1-2H3;3H,1H2,2H3;3*1-2H3/b;;;;5-3-;;;;/t;7-;;;;;;;/m.1......./s1. The van der Waals surface area contributed by atoms with Gasteiger partial charge in [-0.15, -0.1) is 13.2 Å². The molecule has 1 aromatic heterocycles. The maximum atomic E-state index is 11.0. The number of rotatable bonds is 13. The molecule has 0 radical (unpaired) electrons. The maximum absolute atomic E-state index is 11.0. The summed E-state index contributed by atoms with van der Waals surface area (Å²) in [5.74, 6) is 0.766. The van der Waals surface area contributed by atoms with Gasteiger partial charge in [-0.3, -0.25) is 19.6 Å². The van der Waals surface area contributed by atoms with Crippen LogP contribution in [0.3, 0.4) is 0 Å². The van der Waals surface area contributed by atoms with Crippen LogP contribution in [-0.2, 0) is 20.9 Å². The average molecular weight is 804 g/mol. The minimum absolute atomic E-state index is 0.0677. The number of nitrogens with one attached hydrogen (secondary N) is 2. The second-order valence-corrected chi connectivity index (χ2v) is 14.2. The molecule has 8 heteroatoms. The molecule has 8 nitrogen and oxygen atoms in total. The number of carbonyl (C=O) groups excluding carboxylic acids is 2. The molecule has 2 aliphatic rings. The Morgan fingerprint density at radius 1 is 0.982 bits per heavy atom. The van der Waals surface area contributed by atoms with Gasteiger partial charge in [0.2, 0.25) is 6.41 Å². The lowest BCUT2D eigenvalue weighted by Gasteiger charge is -2.36. The van der Waals surface area contributed by atoms with Crippen molar-refractivity contribution in [2.45, 2.75) is 167 Å². The third-order valence-electron chi connectivity index (χ3n) is 7.90. The van der Waals surface area contributed by atoms with Crippen LogP contribution < -0.4 is 10.6 Å². The number of aromatic nitrogens is 1. The van der Waals surface area contributed by atoms with E-state index in [1.165, 1.54) is 30.4 Å². The summed E-state index contributed by atoms with van der Waals surface area (Å²) in [5.41, 5.74) is 2.61. The predicted molar refractivity (Wildman–Crippen MR) is 256 cm³/mol. The molecule has 0 aromatic carbocycles. The Morgan fingerprint density at radius 2 is 1.51 bits per heavy atom. The summed E-state index contributed by atoms with van der Waals surface area (Å²) in [6, 6.07) is 4.85. The first-order chi connectivity index (χ1) is 27.2. The van der Waals surface area contributed by atoms with Crippen LogP contribution in [0.25, 0.3) is 0 Å². The second-order valence-electron chi connectivity index (χ2n) is 14.2. The smallest absolute Gasteiger partial charge is 0.207 e. The van der Waals surface area contributed by atoms with E-state index in [-0.39, 0.29) is 17.6 Å². The lowest BCUT2D eigenvalue weighted by molar-refractivity contribution is -0.112. The Balaban J connectivity index is -0.000000157. The van der Waals surface area contributed by atoms with E-state index < -0.39 is 0 Å². The van der Waals surface area contributed by atoms with Crippen LogP contribution in [0.4, 0.5) is 0 Å². The molecule has 2 heterocycles. The molecule has 3 atom stereocenters. The van der Waals surface area contributed by atoms with Gasteiger partial charge in [0.1, 0.15) is 6.29 Å². The number of nitrogens with zero attached hydrogens (tertiary/aromatic N) is 3. The zero-order chi connectivity index (χ0) is 45.5. The first kappa shape index (κ1) is 65.9. The van der Waals surface area contributed by atoms with Crippen LogP contribution in [-0.4, -0.2) is 92.0 Å². The summed E-state index contributed by atoms with van der Waals surface area (Å²) in [4.78, 5) is 29.8. The van der Waals surface area contributed by atoms with E-state index in [9.17, 15) is 9.59 Å². The highest BCUT2D eigenvalue weighted by molar-refractivity contribution is 5.53. The molecule has 1 aliphatic carbocycles. The SMILES string of the molecule is C/C=C\CC.C=C1CC[C@@H](NC)C1.C=CC.C=CC(C)C.CC.CC.CC.CC(C)(C)NC=O.CCC(C=O)CC(CN1CCN(Cc2cccnc2)CC1)OC. The third-order valence-corrected chi connectivity index (χ3v) is 7.90. The molecule has 0 spiro atoms. The van der Waals surface area contributed by atoms with Crippen LogP contribution in [0.2, 0.25) is 0 Å². The number of hydrogen-bond donors (Lipinski definition) is 2. The van der Waals surface area contributed by atoms with Crippen molar-refractivity contribution < 1.29 is 14.3 Å². The number of methoxy groups -OCH3 is 1. The Kier molecular flexibility index (Phi) is 59.1. The Morgan fingerprint density at radius 3 is 1.77 bits per heavy atom. The van der Waals surface area contributed by atoms with Crippen molar-refractivity contribution in [3.63, 3.8) is 0 Å². The minimum atomic E-state index is -0.0677. The molecule has 2 fully saturated rings. The average Bonchev–Trinajstić information content (AvgIpc) is 3.66. The molecule has 3 rings (SSSR count). The van der Waals surface area contributed by atoms with Crippen molar-refractivity contribution in [2.75, 3.05) is 46.9 Å². The quantitative estimate of drug-likeness (QED) is 0.152. The number of piperazine rings is 1. The number of aldehydes is 1. The van der Waals surface area contributed by atoms with Crippen molar-refractivity contribution in [1.29, 1.82) is 0 Å².